The molecular weight excluding hydrogens is 254 g/mol. The number of benzene rings is 1. The molecule has 1 saturated carbocycles. The summed E-state index contributed by atoms with van der Waals surface area (Å²) in [5, 5.41) is 12.9. The summed E-state index contributed by atoms with van der Waals surface area (Å²) in [5.74, 6) is 1.24. The van der Waals surface area contributed by atoms with Crippen molar-refractivity contribution in [2.24, 2.45) is 16.8 Å². The SMILES string of the molecule is N/C(=N/O)c1cc2ccccc2nc1OCCC1CC1. The van der Waals surface area contributed by atoms with Gasteiger partial charge < -0.3 is 15.7 Å². The fourth-order valence-electron chi connectivity index (χ4n) is 2.17. The van der Waals surface area contributed by atoms with Crippen LogP contribution in [0, 0.1) is 5.92 Å². The highest BCUT2D eigenvalue weighted by Gasteiger charge is 2.21. The molecule has 1 aromatic carbocycles. The van der Waals surface area contributed by atoms with Gasteiger partial charge in [-0.3, -0.25) is 0 Å². The molecule has 0 spiro atoms. The van der Waals surface area contributed by atoms with Gasteiger partial charge in [0.2, 0.25) is 5.88 Å². The van der Waals surface area contributed by atoms with Crippen LogP contribution in [0.5, 0.6) is 5.88 Å². The summed E-state index contributed by atoms with van der Waals surface area (Å²) >= 11 is 0. The molecule has 20 heavy (non-hydrogen) atoms. The first-order chi connectivity index (χ1) is 9.78. The number of amidine groups is 1. The number of hydrogen-bond acceptors (Lipinski definition) is 4. The largest absolute Gasteiger partial charge is 0.477 e. The maximum Gasteiger partial charge on any atom is 0.225 e. The van der Waals surface area contributed by atoms with Crippen molar-refractivity contribution < 1.29 is 9.94 Å². The molecule has 0 unspecified atom stereocenters. The average Bonchev–Trinajstić information content (AvgIpc) is 3.30. The second-order valence-electron chi connectivity index (χ2n) is 5.10. The summed E-state index contributed by atoms with van der Waals surface area (Å²) in [6.07, 6.45) is 3.62. The Balaban J connectivity index is 1.92. The van der Waals surface area contributed by atoms with Crippen molar-refractivity contribution in [2.45, 2.75) is 19.3 Å². The van der Waals surface area contributed by atoms with Crippen LogP contribution >= 0.6 is 0 Å². The first-order valence-electron chi connectivity index (χ1n) is 6.78. The lowest BCUT2D eigenvalue weighted by Gasteiger charge is -2.11. The van der Waals surface area contributed by atoms with E-state index in [1.165, 1.54) is 12.8 Å². The molecule has 1 heterocycles. The number of nitrogens with zero attached hydrogens (tertiary/aromatic N) is 2. The average molecular weight is 271 g/mol. The molecule has 0 radical (unpaired) electrons. The van der Waals surface area contributed by atoms with Crippen molar-refractivity contribution >= 4 is 16.7 Å². The zero-order chi connectivity index (χ0) is 13.9. The molecule has 0 atom stereocenters. The molecule has 0 aliphatic heterocycles. The maximum absolute atomic E-state index is 8.89. The summed E-state index contributed by atoms with van der Waals surface area (Å²) in [4.78, 5) is 4.47. The van der Waals surface area contributed by atoms with Crippen molar-refractivity contribution in [3.8, 4) is 5.88 Å². The van der Waals surface area contributed by atoms with E-state index in [0.29, 0.717) is 18.1 Å². The van der Waals surface area contributed by atoms with Crippen LogP contribution in [-0.4, -0.2) is 22.6 Å². The Morgan fingerprint density at radius 2 is 2.20 bits per heavy atom. The van der Waals surface area contributed by atoms with E-state index >= 15 is 0 Å². The van der Waals surface area contributed by atoms with E-state index in [9.17, 15) is 0 Å². The van der Waals surface area contributed by atoms with Gasteiger partial charge in [-0.2, -0.15) is 0 Å². The predicted octanol–water partition coefficient (Wildman–Crippen LogP) is 2.51. The second kappa shape index (κ2) is 5.36. The molecule has 0 amide bonds. The van der Waals surface area contributed by atoms with Gasteiger partial charge in [-0.05, 0) is 24.5 Å². The van der Waals surface area contributed by atoms with Gasteiger partial charge in [0.1, 0.15) is 0 Å². The maximum atomic E-state index is 8.89. The van der Waals surface area contributed by atoms with Crippen molar-refractivity contribution in [1.82, 2.24) is 4.98 Å². The predicted molar refractivity (Wildman–Crippen MR) is 77.1 cm³/mol. The van der Waals surface area contributed by atoms with Crippen LogP contribution in [0.15, 0.2) is 35.5 Å². The first kappa shape index (κ1) is 12.7. The van der Waals surface area contributed by atoms with Crippen molar-refractivity contribution in [1.29, 1.82) is 0 Å². The number of hydrogen-bond donors (Lipinski definition) is 2. The fraction of sp³-hybridized carbons (Fsp3) is 0.333. The Labute approximate surface area is 117 Å². The van der Waals surface area contributed by atoms with Crippen LogP contribution in [-0.2, 0) is 0 Å². The number of para-hydroxylation sites is 1. The molecule has 0 bridgehead atoms. The normalized spacial score (nSPS) is 15.5. The van der Waals surface area contributed by atoms with Gasteiger partial charge in [0, 0.05) is 5.39 Å². The summed E-state index contributed by atoms with van der Waals surface area (Å²) in [5.41, 5.74) is 7.08. The summed E-state index contributed by atoms with van der Waals surface area (Å²) in [7, 11) is 0. The van der Waals surface area contributed by atoms with Crippen LogP contribution in [0.3, 0.4) is 0 Å². The highest BCUT2D eigenvalue weighted by Crippen LogP contribution is 2.32. The van der Waals surface area contributed by atoms with Gasteiger partial charge in [0.05, 0.1) is 17.7 Å². The Hall–Kier alpha value is -2.30. The minimum atomic E-state index is 0.0182. The molecule has 1 aliphatic carbocycles. The zero-order valence-corrected chi connectivity index (χ0v) is 11.1. The minimum absolute atomic E-state index is 0.0182. The standard InChI is InChI=1S/C15H17N3O2/c16-14(18-19)12-9-11-3-1-2-4-13(11)17-15(12)20-8-7-10-5-6-10/h1-4,9-10,19H,5-8H2,(H2,16,18). The Kier molecular flexibility index (Phi) is 3.41. The number of aromatic nitrogens is 1. The lowest BCUT2D eigenvalue weighted by molar-refractivity contribution is 0.290. The molecule has 104 valence electrons. The van der Waals surface area contributed by atoms with Crippen molar-refractivity contribution in [3.63, 3.8) is 0 Å². The Bertz CT molecular complexity index is 651. The summed E-state index contributed by atoms with van der Waals surface area (Å²) in [6.45, 7) is 0.613. The third-order valence-electron chi connectivity index (χ3n) is 3.53. The number of ether oxygens (including phenoxy) is 1. The van der Waals surface area contributed by atoms with E-state index in [4.69, 9.17) is 15.7 Å². The van der Waals surface area contributed by atoms with Crippen LogP contribution in [0.1, 0.15) is 24.8 Å². The van der Waals surface area contributed by atoms with Gasteiger partial charge in [-0.25, -0.2) is 4.98 Å². The van der Waals surface area contributed by atoms with E-state index in [1.54, 1.807) is 0 Å². The number of rotatable bonds is 5. The van der Waals surface area contributed by atoms with Gasteiger partial charge in [-0.15, -0.1) is 0 Å². The number of nitrogens with two attached hydrogens (primary N) is 1. The quantitative estimate of drug-likeness (QED) is 0.379. The third kappa shape index (κ3) is 2.66. The molecule has 2 aromatic rings. The fourth-order valence-corrected chi connectivity index (χ4v) is 2.17. The molecule has 1 fully saturated rings. The van der Waals surface area contributed by atoms with Crippen molar-refractivity contribution in [2.75, 3.05) is 6.61 Å². The third-order valence-corrected chi connectivity index (χ3v) is 3.53. The smallest absolute Gasteiger partial charge is 0.225 e. The lowest BCUT2D eigenvalue weighted by atomic mass is 10.1. The zero-order valence-electron chi connectivity index (χ0n) is 11.1. The molecule has 3 N–H and O–H groups in total. The molecule has 1 aliphatic rings. The van der Waals surface area contributed by atoms with E-state index in [1.807, 2.05) is 30.3 Å². The van der Waals surface area contributed by atoms with E-state index in [-0.39, 0.29) is 5.84 Å². The Morgan fingerprint density at radius 1 is 1.40 bits per heavy atom. The molecule has 3 rings (SSSR count). The van der Waals surface area contributed by atoms with Gasteiger partial charge >= 0.3 is 0 Å². The van der Waals surface area contributed by atoms with Crippen LogP contribution in [0.25, 0.3) is 10.9 Å². The summed E-state index contributed by atoms with van der Waals surface area (Å²) in [6, 6.07) is 9.54. The highest BCUT2D eigenvalue weighted by molar-refractivity contribution is 6.02. The van der Waals surface area contributed by atoms with Crippen LogP contribution < -0.4 is 10.5 Å². The van der Waals surface area contributed by atoms with Gasteiger partial charge in [-0.1, -0.05) is 36.2 Å². The monoisotopic (exact) mass is 271 g/mol. The van der Waals surface area contributed by atoms with Crippen molar-refractivity contribution in [3.05, 3.63) is 35.9 Å². The van der Waals surface area contributed by atoms with E-state index in [2.05, 4.69) is 10.1 Å². The number of pyridine rings is 1. The van der Waals surface area contributed by atoms with E-state index in [0.717, 1.165) is 23.2 Å². The molecule has 1 aromatic heterocycles. The highest BCUT2D eigenvalue weighted by atomic mass is 16.5. The topological polar surface area (TPSA) is 80.7 Å². The van der Waals surface area contributed by atoms with Gasteiger partial charge in [0.15, 0.2) is 5.84 Å². The Morgan fingerprint density at radius 3 is 2.95 bits per heavy atom. The summed E-state index contributed by atoms with van der Waals surface area (Å²) < 4.78 is 5.74. The lowest BCUT2D eigenvalue weighted by Crippen LogP contribution is -2.16. The molecule has 5 heteroatoms. The molecular formula is C15H17N3O2. The van der Waals surface area contributed by atoms with Crippen LogP contribution in [0.2, 0.25) is 0 Å². The minimum Gasteiger partial charge on any atom is -0.477 e. The first-order valence-corrected chi connectivity index (χ1v) is 6.78. The number of fused-ring (bicyclic) bond motifs is 1. The van der Waals surface area contributed by atoms with Crippen LogP contribution in [0.4, 0.5) is 0 Å². The molecule has 0 saturated heterocycles. The number of oxime groups is 1. The second-order valence-corrected chi connectivity index (χ2v) is 5.10. The molecule has 5 nitrogen and oxygen atoms in total. The van der Waals surface area contributed by atoms with E-state index < -0.39 is 0 Å². The van der Waals surface area contributed by atoms with Gasteiger partial charge in [0.25, 0.3) is 0 Å².